The Labute approximate surface area is 158 Å². The first-order valence-corrected chi connectivity index (χ1v) is 11.3. The molecular formula is C24H36O2. The van der Waals surface area contributed by atoms with Crippen LogP contribution in [0.25, 0.3) is 0 Å². The highest BCUT2D eigenvalue weighted by Crippen LogP contribution is 3.00. The molecule has 0 aliphatic heterocycles. The lowest BCUT2D eigenvalue weighted by Crippen LogP contribution is -2.57. The maximum atomic E-state index is 13.4. The second-order valence-corrected chi connectivity index (χ2v) is 12.6. The van der Waals surface area contributed by atoms with Crippen LogP contribution in [0.5, 0.6) is 0 Å². The average Bonchev–Trinajstić information content (AvgIpc) is 3.17. The summed E-state index contributed by atoms with van der Waals surface area (Å²) in [6.45, 7) is 13.3. The molecule has 0 aromatic rings. The van der Waals surface area contributed by atoms with Gasteiger partial charge in [0.2, 0.25) is 0 Å². The molecular weight excluding hydrogens is 320 g/mol. The largest absolute Gasteiger partial charge is 0.457 e. The minimum atomic E-state index is -0.384. The molecule has 2 nitrogen and oxygen atoms in total. The summed E-state index contributed by atoms with van der Waals surface area (Å²) in [5.41, 5.74) is 0.215. The molecule has 6 rings (SSSR count). The van der Waals surface area contributed by atoms with Crippen molar-refractivity contribution in [1.82, 2.24) is 0 Å². The highest BCUT2D eigenvalue weighted by atomic mass is 16.6. The molecule has 6 fully saturated rings. The molecule has 0 saturated heterocycles. The first kappa shape index (κ1) is 16.4. The molecule has 6 aliphatic rings. The van der Waals surface area contributed by atoms with Crippen LogP contribution in [-0.2, 0) is 9.53 Å². The number of fused-ring (bicyclic) bond motifs is 9. The van der Waals surface area contributed by atoms with Gasteiger partial charge in [-0.2, -0.15) is 0 Å². The van der Waals surface area contributed by atoms with Crippen molar-refractivity contribution in [1.29, 1.82) is 0 Å². The third-order valence-corrected chi connectivity index (χ3v) is 11.4. The zero-order valence-electron chi connectivity index (χ0n) is 17.5. The van der Waals surface area contributed by atoms with Crippen LogP contribution in [-0.4, -0.2) is 11.6 Å². The van der Waals surface area contributed by atoms with Gasteiger partial charge in [0.15, 0.2) is 0 Å². The molecule has 1 spiro atoms. The Kier molecular flexibility index (Phi) is 2.58. The van der Waals surface area contributed by atoms with Gasteiger partial charge in [0.25, 0.3) is 0 Å². The number of carbonyl (C=O) groups is 1. The van der Waals surface area contributed by atoms with Crippen molar-refractivity contribution >= 4 is 5.97 Å². The summed E-state index contributed by atoms with van der Waals surface area (Å²) in [5, 5.41) is 0. The Morgan fingerprint density at radius 3 is 2.38 bits per heavy atom. The van der Waals surface area contributed by atoms with Crippen LogP contribution >= 0.6 is 0 Å². The minimum Gasteiger partial charge on any atom is -0.457 e. The molecule has 144 valence electrons. The zero-order valence-corrected chi connectivity index (χ0v) is 17.5. The third kappa shape index (κ3) is 1.33. The molecule has 2 bridgehead atoms. The van der Waals surface area contributed by atoms with Crippen molar-refractivity contribution in [3.05, 3.63) is 0 Å². The van der Waals surface area contributed by atoms with Gasteiger partial charge in [-0.15, -0.1) is 0 Å². The topological polar surface area (TPSA) is 26.3 Å². The van der Waals surface area contributed by atoms with Gasteiger partial charge < -0.3 is 4.74 Å². The first-order valence-electron chi connectivity index (χ1n) is 11.3. The predicted octanol–water partition coefficient (Wildman–Crippen LogP) is 5.45. The van der Waals surface area contributed by atoms with E-state index in [2.05, 4.69) is 41.5 Å². The van der Waals surface area contributed by atoms with E-state index in [0.29, 0.717) is 10.8 Å². The normalized spacial score (nSPS) is 59.5. The summed E-state index contributed by atoms with van der Waals surface area (Å²) in [4.78, 5) is 13.4. The van der Waals surface area contributed by atoms with Gasteiger partial charge in [0, 0.05) is 10.8 Å². The van der Waals surface area contributed by atoms with E-state index in [1.165, 1.54) is 25.7 Å². The van der Waals surface area contributed by atoms with Gasteiger partial charge in [-0.25, -0.2) is 0 Å². The molecule has 9 unspecified atom stereocenters. The third-order valence-electron chi connectivity index (χ3n) is 11.4. The number of hydrogen-bond acceptors (Lipinski definition) is 2. The summed E-state index contributed by atoms with van der Waals surface area (Å²) < 4.78 is 6.61. The van der Waals surface area contributed by atoms with Gasteiger partial charge in [-0.1, -0.05) is 34.6 Å². The molecule has 0 radical (unpaired) electrons. The monoisotopic (exact) mass is 356 g/mol. The van der Waals surface area contributed by atoms with Gasteiger partial charge in [0.1, 0.15) is 5.60 Å². The van der Waals surface area contributed by atoms with Crippen molar-refractivity contribution in [2.24, 2.45) is 57.2 Å². The number of hydrogen-bond donors (Lipinski definition) is 0. The summed E-state index contributed by atoms with van der Waals surface area (Å²) in [6, 6.07) is 0. The molecule has 0 aromatic heterocycles. The van der Waals surface area contributed by atoms with Crippen molar-refractivity contribution < 1.29 is 9.53 Å². The van der Waals surface area contributed by atoms with Gasteiger partial charge in [-0.05, 0) is 86.4 Å². The Hall–Kier alpha value is -0.530. The summed E-state index contributed by atoms with van der Waals surface area (Å²) >= 11 is 0. The van der Waals surface area contributed by atoms with Crippen molar-refractivity contribution in [3.8, 4) is 0 Å². The Bertz CT molecular complexity index is 720. The van der Waals surface area contributed by atoms with E-state index in [4.69, 9.17) is 4.74 Å². The van der Waals surface area contributed by atoms with E-state index < -0.39 is 0 Å². The van der Waals surface area contributed by atoms with Crippen LogP contribution in [0.15, 0.2) is 0 Å². The van der Waals surface area contributed by atoms with Crippen LogP contribution in [0.3, 0.4) is 0 Å². The fraction of sp³-hybridized carbons (Fsp3) is 0.958. The summed E-state index contributed by atoms with van der Waals surface area (Å²) in [6.07, 6.45) is 7.91. The Balaban J connectivity index is 1.32. The lowest BCUT2D eigenvalue weighted by atomic mass is 9.55. The fourth-order valence-corrected chi connectivity index (χ4v) is 9.62. The van der Waals surface area contributed by atoms with Crippen LogP contribution in [0, 0.1) is 57.2 Å². The number of rotatable bonds is 3. The highest BCUT2D eigenvalue weighted by molar-refractivity contribution is 5.79. The molecule has 6 aliphatic carbocycles. The van der Waals surface area contributed by atoms with Gasteiger partial charge in [0.05, 0.1) is 5.41 Å². The van der Waals surface area contributed by atoms with Crippen molar-refractivity contribution in [2.45, 2.75) is 85.7 Å². The predicted molar refractivity (Wildman–Crippen MR) is 101 cm³/mol. The van der Waals surface area contributed by atoms with E-state index >= 15 is 0 Å². The minimum absolute atomic E-state index is 0.0597. The van der Waals surface area contributed by atoms with Crippen molar-refractivity contribution in [3.63, 3.8) is 0 Å². The first-order chi connectivity index (χ1) is 12.1. The highest BCUT2D eigenvalue weighted by Gasteiger charge is 3.02. The van der Waals surface area contributed by atoms with E-state index in [1.54, 1.807) is 0 Å². The lowest BCUT2D eigenvalue weighted by molar-refractivity contribution is -0.203. The van der Waals surface area contributed by atoms with Gasteiger partial charge in [-0.3, -0.25) is 4.79 Å². The second-order valence-electron chi connectivity index (χ2n) is 12.6. The molecule has 0 heterocycles. The molecule has 6 saturated carbocycles. The molecule has 26 heavy (non-hydrogen) atoms. The molecule has 10 atom stereocenters. The standard InChI is InChI=1S/C24H36O2/c1-7-21(5,20(2,3)4)19(25)26-24-12-22(24,6)18-17-14-9-8-13(10-14)16(17)15-11-23(15,18)24/h13-18H,7-12H2,1-6H3/t13?,14?,15?,16?,17?,18?,21?,22-,23?,24?/m0/s1. The molecule has 0 N–H and O–H groups in total. The van der Waals surface area contributed by atoms with Crippen LogP contribution in [0.2, 0.25) is 0 Å². The quantitative estimate of drug-likeness (QED) is 0.628. The van der Waals surface area contributed by atoms with E-state index in [1.807, 2.05) is 0 Å². The Morgan fingerprint density at radius 2 is 1.77 bits per heavy atom. The maximum absolute atomic E-state index is 13.4. The summed E-state index contributed by atoms with van der Waals surface area (Å²) in [5.74, 6) is 5.91. The second kappa shape index (κ2) is 4.08. The number of ether oxygens (including phenoxy) is 1. The molecule has 2 heteroatoms. The van der Waals surface area contributed by atoms with Crippen LogP contribution in [0.4, 0.5) is 0 Å². The zero-order chi connectivity index (χ0) is 18.5. The fourth-order valence-electron chi connectivity index (χ4n) is 9.62. The average molecular weight is 357 g/mol. The lowest BCUT2D eigenvalue weighted by Gasteiger charge is -2.53. The van der Waals surface area contributed by atoms with Crippen LogP contribution in [0.1, 0.15) is 80.1 Å². The van der Waals surface area contributed by atoms with Crippen molar-refractivity contribution in [2.75, 3.05) is 0 Å². The summed E-state index contributed by atoms with van der Waals surface area (Å²) in [7, 11) is 0. The number of carbonyl (C=O) groups excluding carboxylic acids is 1. The van der Waals surface area contributed by atoms with E-state index in [-0.39, 0.29) is 22.4 Å². The van der Waals surface area contributed by atoms with Crippen LogP contribution < -0.4 is 0 Å². The molecule has 0 amide bonds. The molecule has 0 aromatic carbocycles. The van der Waals surface area contributed by atoms with E-state index in [0.717, 1.165) is 48.3 Å². The Morgan fingerprint density at radius 1 is 1.12 bits per heavy atom. The smallest absolute Gasteiger partial charge is 0.312 e. The van der Waals surface area contributed by atoms with E-state index in [9.17, 15) is 4.79 Å². The maximum Gasteiger partial charge on any atom is 0.312 e. The SMILES string of the molecule is CCC(C)(C(=O)OC12C[C@@]1(C)C1C3C4CCC(C4)C3C3CC312)C(C)(C)C. The number of esters is 1. The van der Waals surface area contributed by atoms with Gasteiger partial charge >= 0.3 is 5.97 Å².